The fraction of sp³-hybridized carbons (Fsp3) is 0.421. The molecule has 1 aliphatic rings. The van der Waals surface area contributed by atoms with Crippen LogP contribution in [0.15, 0.2) is 30.3 Å². The molecular weight excluding hydrogens is 330 g/mol. The number of nitrogens with one attached hydrogen (secondary N) is 2. The molecule has 0 bridgehead atoms. The number of benzene rings is 1. The van der Waals surface area contributed by atoms with E-state index in [9.17, 15) is 9.90 Å². The van der Waals surface area contributed by atoms with E-state index in [0.29, 0.717) is 24.5 Å². The van der Waals surface area contributed by atoms with Crippen molar-refractivity contribution >= 4 is 11.9 Å². The van der Waals surface area contributed by atoms with Gasteiger partial charge < -0.3 is 20.6 Å². The number of aryl methyl sites for hydroxylation is 1. The Labute approximate surface area is 153 Å². The predicted molar refractivity (Wildman–Crippen MR) is 101 cm³/mol. The van der Waals surface area contributed by atoms with Crippen LogP contribution in [0.1, 0.15) is 22.5 Å². The molecular formula is C19H25N5O2. The Balaban J connectivity index is 1.71. The van der Waals surface area contributed by atoms with E-state index in [-0.39, 0.29) is 12.5 Å². The van der Waals surface area contributed by atoms with Crippen LogP contribution in [0.2, 0.25) is 0 Å². The molecule has 2 aromatic rings. The fourth-order valence-electron chi connectivity index (χ4n) is 2.92. The van der Waals surface area contributed by atoms with E-state index >= 15 is 0 Å². The van der Waals surface area contributed by atoms with Crippen molar-refractivity contribution in [1.29, 1.82) is 0 Å². The van der Waals surface area contributed by atoms with Crippen LogP contribution in [0.25, 0.3) is 11.3 Å². The van der Waals surface area contributed by atoms with E-state index < -0.39 is 5.60 Å². The fourth-order valence-corrected chi connectivity index (χ4v) is 2.92. The summed E-state index contributed by atoms with van der Waals surface area (Å²) in [6, 6.07) is 9.22. The Kier molecular flexibility index (Phi) is 5.20. The second kappa shape index (κ2) is 7.39. The summed E-state index contributed by atoms with van der Waals surface area (Å²) in [6.07, 6.45) is 0.646. The highest BCUT2D eigenvalue weighted by Crippen LogP contribution is 2.21. The van der Waals surface area contributed by atoms with Crippen molar-refractivity contribution in [2.75, 3.05) is 38.6 Å². The van der Waals surface area contributed by atoms with Gasteiger partial charge in [0, 0.05) is 44.0 Å². The van der Waals surface area contributed by atoms with Gasteiger partial charge in [0.1, 0.15) is 0 Å². The molecule has 1 aromatic heterocycles. The average Bonchev–Trinajstić information content (AvgIpc) is 3.06. The summed E-state index contributed by atoms with van der Waals surface area (Å²) in [5.74, 6) is 0.463. The molecule has 3 rings (SSSR count). The van der Waals surface area contributed by atoms with Crippen molar-refractivity contribution in [3.05, 3.63) is 41.6 Å². The molecule has 0 aliphatic carbocycles. The first-order chi connectivity index (χ1) is 12.4. The van der Waals surface area contributed by atoms with E-state index in [0.717, 1.165) is 23.5 Å². The molecule has 1 atom stereocenters. The Hall–Kier alpha value is -2.51. The van der Waals surface area contributed by atoms with E-state index in [1.165, 1.54) is 0 Å². The Morgan fingerprint density at radius 1 is 1.31 bits per heavy atom. The van der Waals surface area contributed by atoms with Crippen LogP contribution in [0.3, 0.4) is 0 Å². The minimum atomic E-state index is -0.851. The average molecular weight is 355 g/mol. The van der Waals surface area contributed by atoms with Crippen LogP contribution >= 0.6 is 0 Å². The lowest BCUT2D eigenvalue weighted by Gasteiger charge is -2.21. The smallest absolute Gasteiger partial charge is 0.251 e. The molecule has 1 amide bonds. The third kappa shape index (κ3) is 4.17. The number of aromatic nitrogens is 2. The number of amides is 1. The summed E-state index contributed by atoms with van der Waals surface area (Å²) < 4.78 is 0. The van der Waals surface area contributed by atoms with Crippen LogP contribution in [-0.4, -0.2) is 60.3 Å². The molecule has 0 radical (unpaired) electrons. The predicted octanol–water partition coefficient (Wildman–Crippen LogP) is 0.972. The molecule has 0 saturated carbocycles. The van der Waals surface area contributed by atoms with Gasteiger partial charge in [0.25, 0.3) is 5.91 Å². The molecule has 1 unspecified atom stereocenters. The van der Waals surface area contributed by atoms with Crippen molar-refractivity contribution in [3.8, 4) is 11.3 Å². The largest absolute Gasteiger partial charge is 0.387 e. The maximum Gasteiger partial charge on any atom is 0.251 e. The van der Waals surface area contributed by atoms with E-state index in [4.69, 9.17) is 0 Å². The van der Waals surface area contributed by atoms with Crippen LogP contribution in [-0.2, 0) is 0 Å². The summed E-state index contributed by atoms with van der Waals surface area (Å²) >= 11 is 0. The van der Waals surface area contributed by atoms with Gasteiger partial charge in [-0.3, -0.25) is 4.79 Å². The molecule has 2 heterocycles. The normalized spacial score (nSPS) is 19.4. The summed E-state index contributed by atoms with van der Waals surface area (Å²) in [7, 11) is 3.81. The van der Waals surface area contributed by atoms with Gasteiger partial charge in [-0.25, -0.2) is 9.97 Å². The molecule has 3 N–H and O–H groups in total. The number of hydrogen-bond donors (Lipinski definition) is 3. The molecule has 1 aromatic carbocycles. The molecule has 7 nitrogen and oxygen atoms in total. The number of carbonyl (C=O) groups is 1. The molecule has 1 fully saturated rings. The molecule has 138 valence electrons. The van der Waals surface area contributed by atoms with Crippen LogP contribution < -0.4 is 15.5 Å². The quantitative estimate of drug-likeness (QED) is 0.741. The highest BCUT2D eigenvalue weighted by atomic mass is 16.3. The van der Waals surface area contributed by atoms with Gasteiger partial charge in [0.2, 0.25) is 5.95 Å². The van der Waals surface area contributed by atoms with Crippen LogP contribution in [0.4, 0.5) is 5.95 Å². The van der Waals surface area contributed by atoms with Gasteiger partial charge in [-0.2, -0.15) is 0 Å². The Morgan fingerprint density at radius 2 is 2.04 bits per heavy atom. The van der Waals surface area contributed by atoms with E-state index in [1.54, 1.807) is 12.1 Å². The Bertz CT molecular complexity index is 783. The third-order valence-corrected chi connectivity index (χ3v) is 4.48. The number of carbonyl (C=O) groups excluding carboxylic acids is 1. The van der Waals surface area contributed by atoms with Gasteiger partial charge in [-0.1, -0.05) is 12.1 Å². The third-order valence-electron chi connectivity index (χ3n) is 4.48. The highest BCUT2D eigenvalue weighted by molar-refractivity contribution is 5.94. The van der Waals surface area contributed by atoms with E-state index in [1.807, 2.05) is 44.1 Å². The first kappa shape index (κ1) is 18.3. The van der Waals surface area contributed by atoms with Crippen molar-refractivity contribution in [1.82, 2.24) is 20.6 Å². The molecule has 1 aliphatic heterocycles. The summed E-state index contributed by atoms with van der Waals surface area (Å²) in [5.41, 5.74) is 2.34. The van der Waals surface area contributed by atoms with Gasteiger partial charge in [0.05, 0.1) is 11.3 Å². The SMILES string of the molecule is Cc1cc(-c2ccc(C(=O)NCC3(O)CCNC3)cc2)nc(N(C)C)n1. The number of rotatable bonds is 5. The number of aliphatic hydroxyl groups is 1. The van der Waals surface area contributed by atoms with Crippen LogP contribution in [0.5, 0.6) is 0 Å². The van der Waals surface area contributed by atoms with Crippen molar-refractivity contribution in [2.24, 2.45) is 0 Å². The number of β-amino-alcohol motifs (C(OH)–C–C–N with tert-alkyl or cyclic N) is 1. The maximum atomic E-state index is 12.3. The molecule has 1 saturated heterocycles. The lowest BCUT2D eigenvalue weighted by molar-refractivity contribution is 0.0562. The van der Waals surface area contributed by atoms with Crippen molar-refractivity contribution < 1.29 is 9.90 Å². The molecule has 7 heteroatoms. The summed E-state index contributed by atoms with van der Waals surface area (Å²) in [5, 5.41) is 16.2. The van der Waals surface area contributed by atoms with Gasteiger partial charge in [0.15, 0.2) is 0 Å². The first-order valence-corrected chi connectivity index (χ1v) is 8.71. The standard InChI is InChI=1S/C19H25N5O2/c1-13-10-16(23-18(22-13)24(2)3)14-4-6-15(7-5-14)17(25)21-12-19(26)8-9-20-11-19/h4-7,10,20,26H,8-9,11-12H2,1-3H3,(H,21,25). The van der Waals surface area contributed by atoms with Crippen molar-refractivity contribution in [2.45, 2.75) is 18.9 Å². The van der Waals surface area contributed by atoms with E-state index in [2.05, 4.69) is 20.6 Å². The monoisotopic (exact) mass is 355 g/mol. The number of anilines is 1. The maximum absolute atomic E-state index is 12.3. The Morgan fingerprint density at radius 3 is 2.65 bits per heavy atom. The molecule has 0 spiro atoms. The zero-order valence-corrected chi connectivity index (χ0v) is 15.4. The number of nitrogens with zero attached hydrogens (tertiary/aromatic N) is 3. The zero-order chi connectivity index (χ0) is 18.7. The second-order valence-electron chi connectivity index (χ2n) is 7.00. The topological polar surface area (TPSA) is 90.4 Å². The first-order valence-electron chi connectivity index (χ1n) is 8.71. The summed E-state index contributed by atoms with van der Waals surface area (Å²) in [6.45, 7) is 3.46. The number of hydrogen-bond acceptors (Lipinski definition) is 6. The second-order valence-corrected chi connectivity index (χ2v) is 7.00. The lowest BCUT2D eigenvalue weighted by Crippen LogP contribution is -2.44. The lowest BCUT2D eigenvalue weighted by atomic mass is 10.0. The highest BCUT2D eigenvalue weighted by Gasteiger charge is 2.31. The van der Waals surface area contributed by atoms with Gasteiger partial charge >= 0.3 is 0 Å². The zero-order valence-electron chi connectivity index (χ0n) is 15.4. The minimum Gasteiger partial charge on any atom is -0.387 e. The van der Waals surface area contributed by atoms with Crippen molar-refractivity contribution in [3.63, 3.8) is 0 Å². The minimum absolute atomic E-state index is 0.190. The summed E-state index contributed by atoms with van der Waals surface area (Å²) in [4.78, 5) is 23.1. The van der Waals surface area contributed by atoms with Gasteiger partial charge in [-0.15, -0.1) is 0 Å². The van der Waals surface area contributed by atoms with Gasteiger partial charge in [-0.05, 0) is 38.1 Å². The molecule has 26 heavy (non-hydrogen) atoms. The van der Waals surface area contributed by atoms with Crippen LogP contribution in [0, 0.1) is 6.92 Å².